The first kappa shape index (κ1) is 29.1. The molecule has 0 unspecified atom stereocenters. The second-order valence-corrected chi connectivity index (χ2v) is 13.0. The van der Waals surface area contributed by atoms with Crippen molar-refractivity contribution < 1.29 is 4.42 Å². The van der Waals surface area contributed by atoms with Crippen molar-refractivity contribution in [2.75, 3.05) is 4.90 Å². The van der Waals surface area contributed by atoms with Crippen LogP contribution in [0.2, 0.25) is 0 Å². The number of anilines is 3. The predicted molar refractivity (Wildman–Crippen MR) is 214 cm³/mol. The first-order valence-corrected chi connectivity index (χ1v) is 17.4. The van der Waals surface area contributed by atoms with Gasteiger partial charge in [0.25, 0.3) is 0 Å². The van der Waals surface area contributed by atoms with E-state index in [1.807, 2.05) is 12.1 Å². The van der Waals surface area contributed by atoms with Crippen molar-refractivity contribution in [1.29, 1.82) is 0 Å². The van der Waals surface area contributed by atoms with Crippen LogP contribution in [0.25, 0.3) is 71.7 Å². The molecular formula is C48H32N2O. The van der Waals surface area contributed by atoms with E-state index < -0.39 is 0 Å². The highest BCUT2D eigenvalue weighted by molar-refractivity contribution is 6.09. The van der Waals surface area contributed by atoms with E-state index >= 15 is 0 Å². The first-order chi connectivity index (χ1) is 25.3. The fourth-order valence-corrected chi connectivity index (χ4v) is 7.62. The number of benzene rings is 8. The summed E-state index contributed by atoms with van der Waals surface area (Å²) in [5, 5.41) is 4.74. The molecule has 2 aromatic heterocycles. The molecule has 10 aromatic rings. The smallest absolute Gasteiger partial charge is 0.135 e. The van der Waals surface area contributed by atoms with Gasteiger partial charge in [-0.3, -0.25) is 0 Å². The molecule has 0 spiro atoms. The minimum Gasteiger partial charge on any atom is -0.456 e. The number of nitrogens with zero attached hydrogens (tertiary/aromatic N) is 2. The Hall–Kier alpha value is -6.84. The summed E-state index contributed by atoms with van der Waals surface area (Å²) in [6.45, 7) is 0. The number of rotatable bonds is 6. The minimum absolute atomic E-state index is 0.883. The number of furan rings is 1. The average molecular weight is 653 g/mol. The molecule has 0 atom stereocenters. The molecule has 0 saturated heterocycles. The lowest BCUT2D eigenvalue weighted by Gasteiger charge is -2.28. The molecule has 0 fully saturated rings. The highest BCUT2D eigenvalue weighted by Crippen LogP contribution is 2.43. The van der Waals surface area contributed by atoms with Crippen molar-refractivity contribution in [3.63, 3.8) is 0 Å². The van der Waals surface area contributed by atoms with Crippen LogP contribution < -0.4 is 4.90 Å². The Labute approximate surface area is 295 Å². The third-order valence-electron chi connectivity index (χ3n) is 10.0. The van der Waals surface area contributed by atoms with Crippen LogP contribution in [-0.2, 0) is 0 Å². The number of aromatic nitrogens is 1. The second-order valence-electron chi connectivity index (χ2n) is 13.0. The van der Waals surface area contributed by atoms with Crippen LogP contribution in [-0.4, -0.2) is 4.57 Å². The molecule has 10 rings (SSSR count). The van der Waals surface area contributed by atoms with Gasteiger partial charge in [0, 0.05) is 44.2 Å². The number of para-hydroxylation sites is 4. The van der Waals surface area contributed by atoms with E-state index in [1.54, 1.807) is 0 Å². The van der Waals surface area contributed by atoms with Gasteiger partial charge < -0.3 is 13.9 Å². The maximum absolute atomic E-state index is 6.23. The predicted octanol–water partition coefficient (Wildman–Crippen LogP) is 13.5. The summed E-state index contributed by atoms with van der Waals surface area (Å²) in [5.74, 6) is 0. The molecule has 3 heteroatoms. The monoisotopic (exact) mass is 652 g/mol. The number of hydrogen-bond acceptors (Lipinski definition) is 2. The van der Waals surface area contributed by atoms with Crippen molar-refractivity contribution in [1.82, 2.24) is 4.57 Å². The van der Waals surface area contributed by atoms with Crippen molar-refractivity contribution in [2.24, 2.45) is 0 Å². The topological polar surface area (TPSA) is 21.3 Å². The highest BCUT2D eigenvalue weighted by Gasteiger charge is 2.19. The summed E-state index contributed by atoms with van der Waals surface area (Å²) in [7, 11) is 0. The van der Waals surface area contributed by atoms with E-state index in [4.69, 9.17) is 4.42 Å². The van der Waals surface area contributed by atoms with E-state index in [0.29, 0.717) is 0 Å². The Morgan fingerprint density at radius 1 is 0.373 bits per heavy atom. The van der Waals surface area contributed by atoms with Crippen LogP contribution in [0.15, 0.2) is 199 Å². The molecule has 0 bridgehead atoms. The van der Waals surface area contributed by atoms with Crippen LogP contribution in [0.4, 0.5) is 17.1 Å². The standard InChI is InChI=1S/C48H32N2O/c1-2-12-33(13-3-1)34-22-26-36(27-23-34)49(38-30-31-48-43(32-38)42-17-7-11-21-47(42)51-48)44-18-8-4-14-39(44)35-24-28-37(29-25-35)50-45-19-9-5-15-40(45)41-16-6-10-20-46(41)50/h1-32H. The molecule has 3 nitrogen and oxygen atoms in total. The Bertz CT molecular complexity index is 2790. The summed E-state index contributed by atoms with van der Waals surface area (Å²) < 4.78 is 8.60. The molecule has 2 heterocycles. The zero-order chi connectivity index (χ0) is 33.7. The van der Waals surface area contributed by atoms with Gasteiger partial charge in [0.15, 0.2) is 0 Å². The summed E-state index contributed by atoms with van der Waals surface area (Å²) in [5.41, 5.74) is 13.3. The summed E-state index contributed by atoms with van der Waals surface area (Å²) in [6, 6.07) is 69.2. The van der Waals surface area contributed by atoms with E-state index in [9.17, 15) is 0 Å². The van der Waals surface area contributed by atoms with E-state index in [-0.39, 0.29) is 0 Å². The van der Waals surface area contributed by atoms with Gasteiger partial charge in [0.05, 0.1) is 16.7 Å². The highest BCUT2D eigenvalue weighted by atomic mass is 16.3. The van der Waals surface area contributed by atoms with Gasteiger partial charge in [-0.2, -0.15) is 0 Å². The van der Waals surface area contributed by atoms with E-state index in [0.717, 1.165) is 55.8 Å². The van der Waals surface area contributed by atoms with Crippen LogP contribution >= 0.6 is 0 Å². The third-order valence-corrected chi connectivity index (χ3v) is 10.0. The SMILES string of the molecule is c1ccc(-c2ccc(N(c3ccc4oc5ccccc5c4c3)c3ccccc3-c3ccc(-n4c5ccccc5c5ccccc54)cc3)cc2)cc1. The largest absolute Gasteiger partial charge is 0.456 e. The van der Waals surface area contributed by atoms with E-state index in [2.05, 4.69) is 191 Å². The number of fused-ring (bicyclic) bond motifs is 6. The molecule has 240 valence electrons. The molecule has 0 N–H and O–H groups in total. The van der Waals surface area contributed by atoms with Gasteiger partial charge in [0.1, 0.15) is 11.2 Å². The Morgan fingerprint density at radius 3 is 1.67 bits per heavy atom. The Kier molecular flexibility index (Phi) is 6.81. The van der Waals surface area contributed by atoms with Crippen molar-refractivity contribution in [3.05, 3.63) is 194 Å². The third kappa shape index (κ3) is 4.90. The van der Waals surface area contributed by atoms with Crippen LogP contribution in [0.3, 0.4) is 0 Å². The van der Waals surface area contributed by atoms with Gasteiger partial charge in [-0.1, -0.05) is 127 Å². The Morgan fingerprint density at radius 2 is 0.922 bits per heavy atom. The Balaban J connectivity index is 1.12. The lowest BCUT2D eigenvalue weighted by atomic mass is 10.0. The quantitative estimate of drug-likeness (QED) is 0.178. The summed E-state index contributed by atoms with van der Waals surface area (Å²) >= 11 is 0. The molecule has 8 aromatic carbocycles. The van der Waals surface area contributed by atoms with Gasteiger partial charge in [0.2, 0.25) is 0 Å². The van der Waals surface area contributed by atoms with Gasteiger partial charge in [-0.25, -0.2) is 0 Å². The van der Waals surface area contributed by atoms with Crippen LogP contribution in [0, 0.1) is 0 Å². The fourth-order valence-electron chi connectivity index (χ4n) is 7.62. The van der Waals surface area contributed by atoms with Gasteiger partial charge in [-0.05, 0) is 83.4 Å². The lowest BCUT2D eigenvalue weighted by Crippen LogP contribution is -2.11. The minimum atomic E-state index is 0.883. The summed E-state index contributed by atoms with van der Waals surface area (Å²) in [4.78, 5) is 2.37. The summed E-state index contributed by atoms with van der Waals surface area (Å²) in [6.07, 6.45) is 0. The molecule has 0 amide bonds. The average Bonchev–Trinajstić information content (AvgIpc) is 3.75. The molecule has 0 radical (unpaired) electrons. The first-order valence-electron chi connectivity index (χ1n) is 17.4. The molecule has 0 saturated carbocycles. The lowest BCUT2D eigenvalue weighted by molar-refractivity contribution is 0.669. The van der Waals surface area contributed by atoms with Crippen LogP contribution in [0.5, 0.6) is 0 Å². The van der Waals surface area contributed by atoms with Gasteiger partial charge >= 0.3 is 0 Å². The normalized spacial score (nSPS) is 11.5. The zero-order valence-electron chi connectivity index (χ0n) is 27.8. The fraction of sp³-hybridized carbons (Fsp3) is 0. The zero-order valence-corrected chi connectivity index (χ0v) is 27.8. The van der Waals surface area contributed by atoms with Crippen molar-refractivity contribution >= 4 is 60.8 Å². The van der Waals surface area contributed by atoms with E-state index in [1.165, 1.54) is 32.9 Å². The van der Waals surface area contributed by atoms with Crippen LogP contribution in [0.1, 0.15) is 0 Å². The molecular weight excluding hydrogens is 621 g/mol. The molecule has 0 aliphatic rings. The van der Waals surface area contributed by atoms with Crippen molar-refractivity contribution in [3.8, 4) is 27.9 Å². The second kappa shape index (κ2) is 11.9. The van der Waals surface area contributed by atoms with Crippen molar-refractivity contribution in [2.45, 2.75) is 0 Å². The maximum atomic E-state index is 6.23. The molecule has 0 aliphatic carbocycles. The number of hydrogen-bond donors (Lipinski definition) is 0. The molecule has 0 aliphatic heterocycles. The van der Waals surface area contributed by atoms with Gasteiger partial charge in [-0.15, -0.1) is 0 Å². The molecule has 51 heavy (non-hydrogen) atoms. The maximum Gasteiger partial charge on any atom is 0.135 e.